The highest BCUT2D eigenvalue weighted by Gasteiger charge is 2.14. The van der Waals surface area contributed by atoms with Gasteiger partial charge in [-0.2, -0.15) is 0 Å². The molecule has 84 valence electrons. The average Bonchev–Trinajstić information content (AvgIpc) is 2.21. The van der Waals surface area contributed by atoms with E-state index in [0.29, 0.717) is 6.04 Å². The molecule has 1 saturated heterocycles. The Morgan fingerprint density at radius 1 is 1.43 bits per heavy atom. The van der Waals surface area contributed by atoms with Gasteiger partial charge in [0.25, 0.3) is 0 Å². The second kappa shape index (κ2) is 6.53. The Morgan fingerprint density at radius 2 is 2.07 bits per heavy atom. The molecule has 14 heavy (non-hydrogen) atoms. The second-order valence-corrected chi connectivity index (χ2v) is 5.65. The third kappa shape index (κ3) is 4.53. The molecule has 1 aliphatic heterocycles. The Balaban J connectivity index is 2.04. The van der Waals surface area contributed by atoms with Crippen molar-refractivity contribution in [3.63, 3.8) is 0 Å². The minimum atomic E-state index is -0.539. The van der Waals surface area contributed by atoms with Crippen LogP contribution in [-0.4, -0.2) is 52.8 Å². The summed E-state index contributed by atoms with van der Waals surface area (Å²) in [6.45, 7) is 8.58. The summed E-state index contributed by atoms with van der Waals surface area (Å²) in [4.78, 5) is 2.40. The van der Waals surface area contributed by atoms with Crippen LogP contribution in [0.2, 0.25) is 0 Å². The van der Waals surface area contributed by atoms with Gasteiger partial charge in [0.2, 0.25) is 0 Å². The SMILES string of the molecule is CCC(C)NCCN1CCS(=O)CC1. The van der Waals surface area contributed by atoms with Gasteiger partial charge >= 0.3 is 0 Å². The zero-order valence-electron chi connectivity index (χ0n) is 9.29. The van der Waals surface area contributed by atoms with E-state index in [-0.39, 0.29) is 0 Å². The Labute approximate surface area is 89.7 Å². The van der Waals surface area contributed by atoms with E-state index in [9.17, 15) is 4.21 Å². The molecule has 1 atom stereocenters. The minimum Gasteiger partial charge on any atom is -0.313 e. The van der Waals surface area contributed by atoms with Crippen LogP contribution in [0.15, 0.2) is 0 Å². The molecule has 4 heteroatoms. The van der Waals surface area contributed by atoms with E-state index in [1.165, 1.54) is 6.42 Å². The van der Waals surface area contributed by atoms with E-state index in [4.69, 9.17) is 0 Å². The van der Waals surface area contributed by atoms with Crippen molar-refractivity contribution in [2.45, 2.75) is 26.3 Å². The van der Waals surface area contributed by atoms with Crippen LogP contribution in [-0.2, 0) is 10.8 Å². The van der Waals surface area contributed by atoms with Crippen LogP contribution in [0.5, 0.6) is 0 Å². The van der Waals surface area contributed by atoms with Gasteiger partial charge in [-0.1, -0.05) is 6.92 Å². The van der Waals surface area contributed by atoms with Crippen molar-refractivity contribution in [3.05, 3.63) is 0 Å². The minimum absolute atomic E-state index is 0.539. The van der Waals surface area contributed by atoms with Crippen molar-refractivity contribution >= 4 is 10.8 Å². The summed E-state index contributed by atoms with van der Waals surface area (Å²) in [6, 6.07) is 0.619. The first kappa shape index (κ1) is 12.1. The van der Waals surface area contributed by atoms with Crippen LogP contribution in [0.4, 0.5) is 0 Å². The fourth-order valence-corrected chi connectivity index (χ4v) is 2.64. The number of hydrogen-bond acceptors (Lipinski definition) is 3. The summed E-state index contributed by atoms with van der Waals surface area (Å²) in [5.41, 5.74) is 0. The first-order valence-electron chi connectivity index (χ1n) is 5.53. The zero-order valence-corrected chi connectivity index (χ0v) is 10.1. The van der Waals surface area contributed by atoms with Crippen LogP contribution in [0, 0.1) is 0 Å². The normalized spacial score (nSPS) is 22.4. The van der Waals surface area contributed by atoms with Gasteiger partial charge in [-0.25, -0.2) is 0 Å². The third-order valence-corrected chi connectivity index (χ3v) is 4.08. The van der Waals surface area contributed by atoms with Crippen molar-refractivity contribution in [3.8, 4) is 0 Å². The van der Waals surface area contributed by atoms with Crippen molar-refractivity contribution in [2.75, 3.05) is 37.7 Å². The number of rotatable bonds is 5. The van der Waals surface area contributed by atoms with Gasteiger partial charge in [0.15, 0.2) is 0 Å². The van der Waals surface area contributed by atoms with Gasteiger partial charge < -0.3 is 10.2 Å². The molecule has 0 saturated carbocycles. The lowest BCUT2D eigenvalue weighted by molar-refractivity contribution is 0.293. The smallest absolute Gasteiger partial charge is 0.0363 e. The molecule has 0 spiro atoms. The number of hydrogen-bond donors (Lipinski definition) is 1. The van der Waals surface area contributed by atoms with Crippen molar-refractivity contribution in [1.29, 1.82) is 0 Å². The Bertz CT molecular complexity index is 177. The molecule has 1 N–H and O–H groups in total. The van der Waals surface area contributed by atoms with Gasteiger partial charge in [0.1, 0.15) is 0 Å². The molecule has 0 aromatic heterocycles. The molecule has 3 nitrogen and oxygen atoms in total. The van der Waals surface area contributed by atoms with Crippen molar-refractivity contribution in [1.82, 2.24) is 10.2 Å². The van der Waals surface area contributed by atoms with Crippen molar-refractivity contribution < 1.29 is 4.21 Å². The fraction of sp³-hybridized carbons (Fsp3) is 1.00. The Hall–Kier alpha value is 0.0700. The van der Waals surface area contributed by atoms with Gasteiger partial charge in [0, 0.05) is 54.5 Å². The summed E-state index contributed by atoms with van der Waals surface area (Å²) in [5, 5.41) is 3.47. The van der Waals surface area contributed by atoms with Crippen LogP contribution in [0.25, 0.3) is 0 Å². The predicted octanol–water partition coefficient (Wildman–Crippen LogP) is 0.439. The molecule has 0 bridgehead atoms. The largest absolute Gasteiger partial charge is 0.313 e. The lowest BCUT2D eigenvalue weighted by atomic mass is 10.2. The molecular weight excluding hydrogens is 196 g/mol. The maximum atomic E-state index is 11.1. The molecule has 1 rings (SSSR count). The number of nitrogens with zero attached hydrogens (tertiary/aromatic N) is 1. The van der Waals surface area contributed by atoms with Crippen molar-refractivity contribution in [2.24, 2.45) is 0 Å². The molecule has 0 aromatic rings. The van der Waals surface area contributed by atoms with Gasteiger partial charge in [-0.05, 0) is 13.3 Å². The van der Waals surface area contributed by atoms with E-state index >= 15 is 0 Å². The van der Waals surface area contributed by atoms with Gasteiger partial charge in [-0.3, -0.25) is 4.21 Å². The second-order valence-electron chi connectivity index (χ2n) is 3.95. The topological polar surface area (TPSA) is 32.3 Å². The van der Waals surface area contributed by atoms with Gasteiger partial charge in [0.05, 0.1) is 0 Å². The standard InChI is InChI=1S/C10H22N2OS/c1-3-10(2)11-4-5-12-6-8-14(13)9-7-12/h10-11H,3-9H2,1-2H3. The predicted molar refractivity (Wildman–Crippen MR) is 62.1 cm³/mol. The lowest BCUT2D eigenvalue weighted by Crippen LogP contribution is -2.42. The molecule has 1 unspecified atom stereocenters. The molecule has 0 amide bonds. The molecule has 1 heterocycles. The van der Waals surface area contributed by atoms with Gasteiger partial charge in [-0.15, -0.1) is 0 Å². The lowest BCUT2D eigenvalue weighted by Gasteiger charge is -2.26. The van der Waals surface area contributed by atoms with Crippen LogP contribution in [0.1, 0.15) is 20.3 Å². The average molecular weight is 218 g/mol. The summed E-state index contributed by atoms with van der Waals surface area (Å²) < 4.78 is 11.1. The highest BCUT2D eigenvalue weighted by molar-refractivity contribution is 7.85. The maximum Gasteiger partial charge on any atom is 0.0363 e. The molecule has 1 aliphatic rings. The quantitative estimate of drug-likeness (QED) is 0.727. The highest BCUT2D eigenvalue weighted by Crippen LogP contribution is 1.98. The van der Waals surface area contributed by atoms with E-state index in [0.717, 1.165) is 37.7 Å². The summed E-state index contributed by atoms with van der Waals surface area (Å²) >= 11 is 0. The summed E-state index contributed by atoms with van der Waals surface area (Å²) in [7, 11) is -0.539. The highest BCUT2D eigenvalue weighted by atomic mass is 32.2. The Kier molecular flexibility index (Phi) is 5.67. The van der Waals surface area contributed by atoms with E-state index in [1.807, 2.05) is 0 Å². The monoisotopic (exact) mass is 218 g/mol. The van der Waals surface area contributed by atoms with E-state index in [1.54, 1.807) is 0 Å². The molecule has 1 fully saturated rings. The first-order chi connectivity index (χ1) is 6.72. The van der Waals surface area contributed by atoms with Crippen LogP contribution < -0.4 is 5.32 Å². The molecule has 0 aromatic carbocycles. The fourth-order valence-electron chi connectivity index (χ4n) is 1.51. The Morgan fingerprint density at radius 3 is 2.64 bits per heavy atom. The zero-order chi connectivity index (χ0) is 10.4. The molecule has 0 radical (unpaired) electrons. The first-order valence-corrected chi connectivity index (χ1v) is 7.02. The van der Waals surface area contributed by atoms with Crippen LogP contribution in [0.3, 0.4) is 0 Å². The number of nitrogens with one attached hydrogen (secondary N) is 1. The third-order valence-electron chi connectivity index (χ3n) is 2.80. The summed E-state index contributed by atoms with van der Waals surface area (Å²) in [6.07, 6.45) is 1.18. The van der Waals surface area contributed by atoms with Crippen LogP contribution >= 0.6 is 0 Å². The molecule has 0 aliphatic carbocycles. The summed E-state index contributed by atoms with van der Waals surface area (Å²) in [5.74, 6) is 1.73. The van der Waals surface area contributed by atoms with E-state index < -0.39 is 10.8 Å². The maximum absolute atomic E-state index is 11.1. The molecular formula is C10H22N2OS. The van der Waals surface area contributed by atoms with E-state index in [2.05, 4.69) is 24.1 Å².